The predicted octanol–water partition coefficient (Wildman–Crippen LogP) is 3.75. The van der Waals surface area contributed by atoms with Gasteiger partial charge in [0.25, 0.3) is 0 Å². The van der Waals surface area contributed by atoms with E-state index in [1.54, 1.807) is 6.07 Å². The monoisotopic (exact) mass is 349 g/mol. The Kier molecular flexibility index (Phi) is 10.8. The topological polar surface area (TPSA) is 113 Å². The van der Waals surface area contributed by atoms with Crippen LogP contribution >= 0.6 is 0 Å². The zero-order valence-electron chi connectivity index (χ0n) is 15.1. The molecule has 1 aromatic heterocycles. The van der Waals surface area contributed by atoms with Gasteiger partial charge in [0, 0.05) is 6.54 Å². The van der Waals surface area contributed by atoms with Gasteiger partial charge in [0.15, 0.2) is 5.96 Å². The quantitative estimate of drug-likeness (QED) is 0.261. The van der Waals surface area contributed by atoms with E-state index in [1.165, 1.54) is 44.9 Å². The fourth-order valence-electron chi connectivity index (χ4n) is 2.42. The molecule has 0 fully saturated rings. The Bertz CT molecular complexity index is 522. The fraction of sp³-hybridized carbons (Fsp3) is 0.611. The minimum atomic E-state index is -0.758. The summed E-state index contributed by atoms with van der Waals surface area (Å²) in [6.07, 6.45) is 9.56. The first kappa shape index (κ1) is 20.7. The lowest BCUT2D eigenvalue weighted by Crippen LogP contribution is -2.36. The highest BCUT2D eigenvalue weighted by molar-refractivity contribution is 5.90. The average molecular weight is 349 g/mol. The molecule has 0 aliphatic rings. The number of nitrogens with two attached hydrogens (primary N) is 1. The Balaban J connectivity index is 2.16. The minimum absolute atomic E-state index is 0.0341. The molecule has 1 aromatic rings. The number of hydrogen-bond acceptors (Lipinski definition) is 5. The number of nitrogens with one attached hydrogen (secondary N) is 3. The van der Waals surface area contributed by atoms with Gasteiger partial charge in [-0.25, -0.2) is 9.78 Å². The molecule has 0 saturated heterocycles. The normalized spacial score (nSPS) is 10.3. The number of carbonyl (C=O) groups excluding carboxylic acids is 1. The number of carbonyl (C=O) groups is 1. The van der Waals surface area contributed by atoms with Crippen molar-refractivity contribution in [1.82, 2.24) is 10.3 Å². The number of ether oxygens (including phenoxy) is 1. The van der Waals surface area contributed by atoms with E-state index in [9.17, 15) is 4.79 Å². The Morgan fingerprint density at radius 3 is 2.52 bits per heavy atom. The van der Waals surface area contributed by atoms with Crippen molar-refractivity contribution in [3.63, 3.8) is 0 Å². The van der Waals surface area contributed by atoms with E-state index in [1.807, 2.05) is 12.1 Å². The molecule has 5 N–H and O–H groups in total. The van der Waals surface area contributed by atoms with Crippen LogP contribution in [0.1, 0.15) is 64.0 Å². The summed E-state index contributed by atoms with van der Waals surface area (Å²) in [6, 6.07) is 5.54. The van der Waals surface area contributed by atoms with Crippen LogP contribution in [0.25, 0.3) is 0 Å². The minimum Gasteiger partial charge on any atom is -0.443 e. The number of unbranched alkanes of at least 4 members (excludes halogenated alkanes) is 7. The summed E-state index contributed by atoms with van der Waals surface area (Å²) < 4.78 is 4.93. The number of anilines is 1. The number of rotatable bonds is 12. The van der Waals surface area contributed by atoms with Gasteiger partial charge in [0.05, 0.1) is 5.69 Å². The second kappa shape index (κ2) is 13.0. The molecule has 140 valence electrons. The standard InChI is InChI=1S/C18H31N5O2/c1-2-3-4-5-6-7-8-9-13-21-16-12-10-11-15(22-16)14-25-18(24)23-17(19)20/h10-12H,2-9,13-14H2,1H3,(H,21,22)(H4,19,20,23,24). The first-order valence-electron chi connectivity index (χ1n) is 9.09. The van der Waals surface area contributed by atoms with Crippen molar-refractivity contribution in [1.29, 1.82) is 5.41 Å². The van der Waals surface area contributed by atoms with Crippen LogP contribution in [0, 0.1) is 5.41 Å². The van der Waals surface area contributed by atoms with Gasteiger partial charge >= 0.3 is 6.09 Å². The van der Waals surface area contributed by atoms with Crippen LogP contribution in [0.3, 0.4) is 0 Å². The van der Waals surface area contributed by atoms with Crippen LogP contribution in [0.5, 0.6) is 0 Å². The summed E-state index contributed by atoms with van der Waals surface area (Å²) in [7, 11) is 0. The van der Waals surface area contributed by atoms with Gasteiger partial charge in [0.1, 0.15) is 12.4 Å². The number of amides is 1. The molecule has 7 nitrogen and oxygen atoms in total. The van der Waals surface area contributed by atoms with Gasteiger partial charge in [-0.15, -0.1) is 0 Å². The maximum absolute atomic E-state index is 11.3. The molecule has 0 saturated carbocycles. The molecule has 1 heterocycles. The summed E-state index contributed by atoms with van der Waals surface area (Å²) in [5.41, 5.74) is 5.69. The molecule has 1 amide bonds. The number of guanidine groups is 1. The molecule has 0 aliphatic heterocycles. The lowest BCUT2D eigenvalue weighted by atomic mass is 10.1. The zero-order chi connectivity index (χ0) is 18.3. The Hall–Kier alpha value is -2.31. The number of alkyl carbamates (subject to hydrolysis) is 1. The fourth-order valence-corrected chi connectivity index (χ4v) is 2.42. The van der Waals surface area contributed by atoms with Crippen LogP contribution in [-0.2, 0) is 11.3 Å². The summed E-state index contributed by atoms with van der Waals surface area (Å²) in [6.45, 7) is 3.16. The van der Waals surface area contributed by atoms with Gasteiger partial charge in [0.2, 0.25) is 0 Å². The summed E-state index contributed by atoms with van der Waals surface area (Å²) >= 11 is 0. The molecular weight excluding hydrogens is 318 g/mol. The molecule has 1 rings (SSSR count). The maximum atomic E-state index is 11.3. The Labute approximate surface area is 150 Å². The van der Waals surface area contributed by atoms with E-state index < -0.39 is 12.1 Å². The third-order valence-electron chi connectivity index (χ3n) is 3.73. The molecular formula is C18H31N5O2. The van der Waals surface area contributed by atoms with Gasteiger partial charge in [-0.2, -0.15) is 0 Å². The Morgan fingerprint density at radius 2 is 1.84 bits per heavy atom. The molecule has 0 atom stereocenters. The number of pyridine rings is 1. The van der Waals surface area contributed by atoms with E-state index in [0.717, 1.165) is 18.8 Å². The lowest BCUT2D eigenvalue weighted by molar-refractivity contribution is 0.143. The first-order chi connectivity index (χ1) is 12.1. The molecule has 0 unspecified atom stereocenters. The van der Waals surface area contributed by atoms with E-state index in [0.29, 0.717) is 5.69 Å². The van der Waals surface area contributed by atoms with Gasteiger partial charge in [-0.1, -0.05) is 57.9 Å². The second-order valence-corrected chi connectivity index (χ2v) is 6.03. The highest BCUT2D eigenvalue weighted by atomic mass is 16.5. The molecule has 0 radical (unpaired) electrons. The van der Waals surface area contributed by atoms with Crippen molar-refractivity contribution in [2.24, 2.45) is 5.73 Å². The van der Waals surface area contributed by atoms with Gasteiger partial charge in [-0.05, 0) is 18.6 Å². The van der Waals surface area contributed by atoms with Crippen LogP contribution in [0.4, 0.5) is 10.6 Å². The van der Waals surface area contributed by atoms with E-state index in [-0.39, 0.29) is 6.61 Å². The summed E-state index contributed by atoms with van der Waals surface area (Å²) in [4.78, 5) is 15.7. The number of hydrogen-bond donors (Lipinski definition) is 4. The summed E-state index contributed by atoms with van der Waals surface area (Å²) in [5, 5.41) is 12.3. The number of aromatic nitrogens is 1. The molecule has 7 heteroatoms. The number of nitrogens with zero attached hydrogens (tertiary/aromatic N) is 1. The van der Waals surface area contributed by atoms with Crippen LogP contribution < -0.4 is 16.4 Å². The summed E-state index contributed by atoms with van der Waals surface area (Å²) in [5.74, 6) is 0.328. The molecule has 0 aromatic carbocycles. The van der Waals surface area contributed by atoms with E-state index in [4.69, 9.17) is 15.9 Å². The SMILES string of the molecule is CCCCCCCCCCNc1cccc(COC(=O)NC(=N)N)n1. The maximum Gasteiger partial charge on any atom is 0.414 e. The molecule has 0 bridgehead atoms. The first-order valence-corrected chi connectivity index (χ1v) is 9.09. The predicted molar refractivity (Wildman–Crippen MR) is 101 cm³/mol. The highest BCUT2D eigenvalue weighted by Gasteiger charge is 2.04. The largest absolute Gasteiger partial charge is 0.443 e. The van der Waals surface area contributed by atoms with Crippen molar-refractivity contribution in [2.45, 2.75) is 64.9 Å². The van der Waals surface area contributed by atoms with Crippen LogP contribution in [-0.4, -0.2) is 23.6 Å². The highest BCUT2D eigenvalue weighted by Crippen LogP contribution is 2.10. The molecule has 0 spiro atoms. The molecule has 0 aliphatic carbocycles. The average Bonchev–Trinajstić information content (AvgIpc) is 2.58. The van der Waals surface area contributed by atoms with Crippen LogP contribution in [0.2, 0.25) is 0 Å². The third-order valence-corrected chi connectivity index (χ3v) is 3.73. The van der Waals surface area contributed by atoms with Crippen molar-refractivity contribution in [2.75, 3.05) is 11.9 Å². The second-order valence-electron chi connectivity index (χ2n) is 6.03. The van der Waals surface area contributed by atoms with Gasteiger partial charge in [-0.3, -0.25) is 10.7 Å². The van der Waals surface area contributed by atoms with Crippen molar-refractivity contribution < 1.29 is 9.53 Å². The van der Waals surface area contributed by atoms with Gasteiger partial charge < -0.3 is 15.8 Å². The van der Waals surface area contributed by atoms with Crippen molar-refractivity contribution in [3.8, 4) is 0 Å². The van der Waals surface area contributed by atoms with Crippen molar-refractivity contribution in [3.05, 3.63) is 23.9 Å². The van der Waals surface area contributed by atoms with Crippen LogP contribution in [0.15, 0.2) is 18.2 Å². The smallest absolute Gasteiger partial charge is 0.414 e. The third kappa shape index (κ3) is 11.0. The van der Waals surface area contributed by atoms with E-state index >= 15 is 0 Å². The zero-order valence-corrected chi connectivity index (χ0v) is 15.1. The van der Waals surface area contributed by atoms with E-state index in [2.05, 4.69) is 22.5 Å². The van der Waals surface area contributed by atoms with Crippen molar-refractivity contribution >= 4 is 17.9 Å². The lowest BCUT2D eigenvalue weighted by Gasteiger charge is -2.08. The Morgan fingerprint density at radius 1 is 1.16 bits per heavy atom. The molecule has 25 heavy (non-hydrogen) atoms.